The van der Waals surface area contributed by atoms with Crippen molar-refractivity contribution in [2.45, 2.75) is 26.4 Å². The summed E-state index contributed by atoms with van der Waals surface area (Å²) in [6.07, 6.45) is -4.12. The Kier molecular flexibility index (Phi) is 5.94. The number of benzene rings is 2. The summed E-state index contributed by atoms with van der Waals surface area (Å²) in [5, 5.41) is 3.73. The van der Waals surface area contributed by atoms with Gasteiger partial charge < -0.3 is 14.8 Å². The summed E-state index contributed by atoms with van der Waals surface area (Å²) in [4.78, 5) is 19.5. The molecule has 3 aromatic rings. The second kappa shape index (κ2) is 8.41. The molecule has 0 unspecified atom stereocenters. The lowest BCUT2D eigenvalue weighted by Crippen LogP contribution is -2.46. The van der Waals surface area contributed by atoms with Gasteiger partial charge in [0.25, 0.3) is 5.91 Å². The van der Waals surface area contributed by atoms with Crippen LogP contribution in [0.4, 0.5) is 13.2 Å². The first-order chi connectivity index (χ1) is 15.1. The molecule has 5 nitrogen and oxygen atoms in total. The largest absolute Gasteiger partial charge is 0.416 e. The minimum Gasteiger partial charge on any atom is -0.336 e. The first-order valence-corrected chi connectivity index (χ1v) is 10.8. The summed E-state index contributed by atoms with van der Waals surface area (Å²) < 4.78 is 41.5. The van der Waals surface area contributed by atoms with E-state index in [2.05, 4.69) is 10.3 Å². The Balaban J connectivity index is 1.73. The van der Waals surface area contributed by atoms with Crippen LogP contribution in [0.15, 0.2) is 24.3 Å². The highest BCUT2D eigenvalue weighted by Crippen LogP contribution is 2.34. The van der Waals surface area contributed by atoms with Gasteiger partial charge in [-0.2, -0.15) is 13.2 Å². The van der Waals surface area contributed by atoms with E-state index in [1.54, 1.807) is 30.7 Å². The zero-order valence-corrected chi connectivity index (χ0v) is 18.9. The van der Waals surface area contributed by atoms with Crippen LogP contribution in [0.2, 0.25) is 5.02 Å². The third kappa shape index (κ3) is 4.09. The summed E-state index contributed by atoms with van der Waals surface area (Å²) in [6, 6.07) is 5.68. The molecule has 1 aliphatic heterocycles. The fraction of sp³-hybridized carbons (Fsp3) is 0.391. The maximum atomic E-state index is 13.3. The highest BCUT2D eigenvalue weighted by molar-refractivity contribution is 6.31. The molecule has 2 aromatic carbocycles. The van der Waals surface area contributed by atoms with Crippen LogP contribution in [0.1, 0.15) is 38.4 Å². The molecule has 9 heteroatoms. The topological polar surface area (TPSA) is 50.2 Å². The smallest absolute Gasteiger partial charge is 0.336 e. The van der Waals surface area contributed by atoms with Crippen LogP contribution in [0.25, 0.3) is 11.0 Å². The number of rotatable bonds is 3. The normalized spacial score (nSPS) is 14.9. The molecule has 32 heavy (non-hydrogen) atoms. The quantitative estimate of drug-likeness (QED) is 0.621. The molecule has 4 rings (SSSR count). The van der Waals surface area contributed by atoms with Crippen LogP contribution in [0.5, 0.6) is 0 Å². The van der Waals surface area contributed by atoms with Crippen molar-refractivity contribution in [3.8, 4) is 0 Å². The second-order valence-corrected chi connectivity index (χ2v) is 8.57. The van der Waals surface area contributed by atoms with Gasteiger partial charge in [-0.05, 0) is 54.8 Å². The molecule has 1 N–H and O–H groups in total. The van der Waals surface area contributed by atoms with Crippen LogP contribution in [0.3, 0.4) is 0 Å². The lowest BCUT2D eigenvalue weighted by Gasteiger charge is -2.28. The molecule has 0 spiro atoms. The molecule has 0 aliphatic carbocycles. The zero-order chi connectivity index (χ0) is 23.2. The highest BCUT2D eigenvalue weighted by atomic mass is 35.5. The van der Waals surface area contributed by atoms with E-state index in [-0.39, 0.29) is 5.91 Å². The average molecular weight is 465 g/mol. The second-order valence-electron chi connectivity index (χ2n) is 8.16. The number of hydrogen-bond donors (Lipinski definition) is 1. The van der Waals surface area contributed by atoms with Crippen molar-refractivity contribution in [2.75, 3.05) is 26.2 Å². The fourth-order valence-electron chi connectivity index (χ4n) is 4.20. The molecule has 1 saturated heterocycles. The lowest BCUT2D eigenvalue weighted by atomic mass is 9.98. The van der Waals surface area contributed by atoms with Gasteiger partial charge in [-0.25, -0.2) is 4.98 Å². The molecule has 1 aromatic heterocycles. The molecular weight excluding hydrogens is 441 g/mol. The number of halogens is 4. The minimum absolute atomic E-state index is 0.0439. The number of fused-ring (bicyclic) bond motifs is 1. The van der Waals surface area contributed by atoms with Crippen molar-refractivity contribution >= 4 is 28.5 Å². The number of aryl methyl sites for hydroxylation is 2. The van der Waals surface area contributed by atoms with E-state index >= 15 is 0 Å². The Morgan fingerprint density at radius 3 is 2.53 bits per heavy atom. The van der Waals surface area contributed by atoms with Gasteiger partial charge >= 0.3 is 6.18 Å². The Morgan fingerprint density at radius 2 is 1.88 bits per heavy atom. The molecular formula is C23H24ClF3N4O. The molecule has 170 valence electrons. The maximum Gasteiger partial charge on any atom is 0.416 e. The highest BCUT2D eigenvalue weighted by Gasteiger charge is 2.32. The van der Waals surface area contributed by atoms with Crippen LogP contribution >= 0.6 is 11.6 Å². The van der Waals surface area contributed by atoms with Gasteiger partial charge in [-0.3, -0.25) is 4.79 Å². The van der Waals surface area contributed by atoms with Crippen molar-refractivity contribution in [1.82, 2.24) is 19.8 Å². The van der Waals surface area contributed by atoms with E-state index in [1.807, 2.05) is 11.8 Å². The van der Waals surface area contributed by atoms with Gasteiger partial charge in [-0.1, -0.05) is 11.6 Å². The van der Waals surface area contributed by atoms with Crippen molar-refractivity contribution in [1.29, 1.82) is 0 Å². The van der Waals surface area contributed by atoms with Gasteiger partial charge in [0.15, 0.2) is 0 Å². The number of aromatic nitrogens is 2. The third-order valence-corrected chi connectivity index (χ3v) is 6.46. The van der Waals surface area contributed by atoms with Crippen molar-refractivity contribution in [2.24, 2.45) is 7.05 Å². The molecule has 1 amide bonds. The van der Waals surface area contributed by atoms with E-state index in [9.17, 15) is 18.0 Å². The first-order valence-electron chi connectivity index (χ1n) is 10.4. The molecule has 0 radical (unpaired) electrons. The molecule has 0 saturated carbocycles. The zero-order valence-electron chi connectivity index (χ0n) is 18.1. The third-order valence-electron chi connectivity index (χ3n) is 6.11. The minimum atomic E-state index is -4.43. The number of carbonyl (C=O) groups is 1. The van der Waals surface area contributed by atoms with Crippen molar-refractivity contribution in [3.05, 3.63) is 62.9 Å². The lowest BCUT2D eigenvalue weighted by molar-refractivity contribution is -0.137. The van der Waals surface area contributed by atoms with E-state index in [0.717, 1.165) is 36.3 Å². The summed E-state index contributed by atoms with van der Waals surface area (Å²) in [5.74, 6) is 0.539. The number of amides is 1. The summed E-state index contributed by atoms with van der Waals surface area (Å²) in [6.45, 7) is 6.27. The summed E-state index contributed by atoms with van der Waals surface area (Å²) >= 11 is 6.49. The average Bonchev–Trinajstić information content (AvgIpc) is 3.07. The van der Waals surface area contributed by atoms with Crippen LogP contribution in [-0.2, 0) is 19.6 Å². The van der Waals surface area contributed by atoms with Gasteiger partial charge in [0.05, 0.1) is 16.6 Å². The standard InChI is InChI=1S/C23H24ClF3N4O/c1-13-10-15(23(25,26)27)11-19-21(13)29-20(30(19)3)12-17-14(2)16(4-5-18(17)24)22(32)31-8-6-28-7-9-31/h4-5,10-11,28H,6-9,12H2,1-3H3. The van der Waals surface area contributed by atoms with E-state index < -0.39 is 11.7 Å². The number of carbonyl (C=O) groups excluding carboxylic acids is 1. The number of nitrogens with zero attached hydrogens (tertiary/aromatic N) is 3. The molecule has 0 bridgehead atoms. The number of alkyl halides is 3. The molecule has 0 atom stereocenters. The van der Waals surface area contributed by atoms with Crippen LogP contribution in [0, 0.1) is 13.8 Å². The SMILES string of the molecule is Cc1c(C(=O)N2CCNCC2)ccc(Cl)c1Cc1nc2c(C)cc(C(F)(F)F)cc2n1C. The first kappa shape index (κ1) is 22.6. The number of imidazole rings is 1. The van der Waals surface area contributed by atoms with Gasteiger partial charge in [0.1, 0.15) is 5.82 Å². The monoisotopic (exact) mass is 464 g/mol. The predicted molar refractivity (Wildman–Crippen MR) is 118 cm³/mol. The van der Waals surface area contributed by atoms with E-state index in [0.29, 0.717) is 52.5 Å². The predicted octanol–water partition coefficient (Wildman–Crippen LogP) is 4.50. The molecule has 1 fully saturated rings. The fourth-order valence-corrected chi connectivity index (χ4v) is 4.47. The summed E-state index contributed by atoms with van der Waals surface area (Å²) in [7, 11) is 1.70. The van der Waals surface area contributed by atoms with Crippen LogP contribution in [-0.4, -0.2) is 46.5 Å². The van der Waals surface area contributed by atoms with E-state index in [1.165, 1.54) is 0 Å². The van der Waals surface area contributed by atoms with Crippen molar-refractivity contribution in [3.63, 3.8) is 0 Å². The Bertz CT molecular complexity index is 1200. The van der Waals surface area contributed by atoms with Gasteiger partial charge in [0, 0.05) is 50.2 Å². The van der Waals surface area contributed by atoms with Crippen LogP contribution < -0.4 is 5.32 Å². The Labute approximate surface area is 189 Å². The number of nitrogens with one attached hydrogen (secondary N) is 1. The van der Waals surface area contributed by atoms with Crippen molar-refractivity contribution < 1.29 is 18.0 Å². The molecule has 2 heterocycles. The molecule has 1 aliphatic rings. The van der Waals surface area contributed by atoms with E-state index in [4.69, 9.17) is 11.6 Å². The number of hydrogen-bond acceptors (Lipinski definition) is 3. The van der Waals surface area contributed by atoms with Gasteiger partial charge in [-0.15, -0.1) is 0 Å². The van der Waals surface area contributed by atoms with Gasteiger partial charge in [0.2, 0.25) is 0 Å². The Morgan fingerprint density at radius 1 is 1.19 bits per heavy atom. The maximum absolute atomic E-state index is 13.3. The number of piperazine rings is 1. The summed E-state index contributed by atoms with van der Waals surface area (Å²) in [5.41, 5.74) is 2.80. The Hall–Kier alpha value is -2.58.